The second-order valence-corrected chi connectivity index (χ2v) is 5.38. The number of nitrogens with one attached hydrogen (secondary N) is 1. The molecule has 0 bridgehead atoms. The van der Waals surface area contributed by atoms with Crippen LogP contribution in [0, 0.1) is 11.6 Å². The minimum atomic E-state index is -0.546. The number of hydrogen-bond acceptors (Lipinski definition) is 2. The van der Waals surface area contributed by atoms with Gasteiger partial charge < -0.3 is 10.2 Å². The molecule has 0 atom stereocenters. The van der Waals surface area contributed by atoms with E-state index < -0.39 is 11.6 Å². The Morgan fingerprint density at radius 2 is 1.76 bits per heavy atom. The van der Waals surface area contributed by atoms with E-state index in [9.17, 15) is 8.78 Å². The zero-order valence-corrected chi connectivity index (χ0v) is 11.2. The molecular formula is C12H15BrF2N2. The van der Waals surface area contributed by atoms with Crippen molar-refractivity contribution in [3.8, 4) is 0 Å². The third-order valence-electron chi connectivity index (χ3n) is 3.07. The van der Waals surface area contributed by atoms with E-state index in [4.69, 9.17) is 0 Å². The third-order valence-corrected chi connectivity index (χ3v) is 3.53. The quantitative estimate of drug-likeness (QED) is 0.902. The van der Waals surface area contributed by atoms with Crippen molar-refractivity contribution in [2.45, 2.75) is 18.9 Å². The fraction of sp³-hybridized carbons (Fsp3) is 0.500. The molecule has 94 valence electrons. The van der Waals surface area contributed by atoms with Crippen LogP contribution in [0.15, 0.2) is 16.6 Å². The molecule has 0 aliphatic carbocycles. The Kier molecular flexibility index (Phi) is 3.99. The van der Waals surface area contributed by atoms with Gasteiger partial charge in [0.25, 0.3) is 0 Å². The number of piperidine rings is 1. The molecule has 17 heavy (non-hydrogen) atoms. The van der Waals surface area contributed by atoms with Crippen LogP contribution in [0.1, 0.15) is 12.8 Å². The highest BCUT2D eigenvalue weighted by molar-refractivity contribution is 9.10. The molecule has 1 aromatic carbocycles. The molecule has 5 heteroatoms. The van der Waals surface area contributed by atoms with E-state index in [0.29, 0.717) is 4.47 Å². The van der Waals surface area contributed by atoms with E-state index >= 15 is 0 Å². The Bertz CT molecular complexity index is 380. The van der Waals surface area contributed by atoms with Gasteiger partial charge in [-0.1, -0.05) is 15.9 Å². The topological polar surface area (TPSA) is 15.3 Å². The largest absolute Gasteiger partial charge is 0.377 e. The molecule has 1 N–H and O–H groups in total. The first-order valence-corrected chi connectivity index (χ1v) is 6.45. The summed E-state index contributed by atoms with van der Waals surface area (Å²) in [5.41, 5.74) is -0.0113. The summed E-state index contributed by atoms with van der Waals surface area (Å²) in [4.78, 5) is 2.21. The molecule has 0 spiro atoms. The van der Waals surface area contributed by atoms with Crippen LogP contribution in [0.2, 0.25) is 0 Å². The molecule has 1 aliphatic rings. The van der Waals surface area contributed by atoms with Crippen LogP contribution in [0.3, 0.4) is 0 Å². The van der Waals surface area contributed by atoms with Crippen LogP contribution in [0.25, 0.3) is 0 Å². The number of likely N-dealkylation sites (tertiary alicyclic amines) is 1. The first-order chi connectivity index (χ1) is 8.06. The lowest BCUT2D eigenvalue weighted by molar-refractivity contribution is 0.263. The molecule has 1 aliphatic heterocycles. The van der Waals surface area contributed by atoms with Crippen molar-refractivity contribution in [3.63, 3.8) is 0 Å². The number of anilines is 1. The SMILES string of the molecule is CN1CCC(Nc2c(F)cc(Br)cc2F)CC1. The molecule has 0 amide bonds. The average Bonchev–Trinajstić information content (AvgIpc) is 2.26. The van der Waals surface area contributed by atoms with Gasteiger partial charge in [-0.3, -0.25) is 0 Å². The number of benzene rings is 1. The van der Waals surface area contributed by atoms with Gasteiger partial charge in [0, 0.05) is 10.5 Å². The van der Waals surface area contributed by atoms with Gasteiger partial charge in [0.15, 0.2) is 0 Å². The minimum Gasteiger partial charge on any atom is -0.377 e. The summed E-state index contributed by atoms with van der Waals surface area (Å²) in [6.45, 7) is 1.91. The molecule has 2 nitrogen and oxygen atoms in total. The Morgan fingerprint density at radius 1 is 1.24 bits per heavy atom. The molecule has 1 aromatic rings. The van der Waals surface area contributed by atoms with Gasteiger partial charge in [0.05, 0.1) is 0 Å². The zero-order chi connectivity index (χ0) is 12.4. The zero-order valence-electron chi connectivity index (χ0n) is 9.64. The first kappa shape index (κ1) is 12.8. The molecule has 0 aromatic heterocycles. The van der Waals surface area contributed by atoms with E-state index in [2.05, 4.69) is 33.2 Å². The van der Waals surface area contributed by atoms with Crippen LogP contribution in [-0.2, 0) is 0 Å². The van der Waals surface area contributed by atoms with Crippen molar-refractivity contribution in [2.75, 3.05) is 25.5 Å². The highest BCUT2D eigenvalue weighted by Crippen LogP contribution is 2.25. The highest BCUT2D eigenvalue weighted by Gasteiger charge is 2.19. The number of halogens is 3. The van der Waals surface area contributed by atoms with Gasteiger partial charge in [-0.15, -0.1) is 0 Å². The molecule has 1 heterocycles. The maximum Gasteiger partial charge on any atom is 0.150 e. The Labute approximate surface area is 108 Å². The summed E-state index contributed by atoms with van der Waals surface area (Å²) in [6.07, 6.45) is 1.82. The highest BCUT2D eigenvalue weighted by atomic mass is 79.9. The Hall–Kier alpha value is -0.680. The summed E-state index contributed by atoms with van der Waals surface area (Å²) in [6, 6.07) is 2.71. The van der Waals surface area contributed by atoms with Crippen molar-refractivity contribution < 1.29 is 8.78 Å². The van der Waals surface area contributed by atoms with Crippen molar-refractivity contribution in [1.29, 1.82) is 0 Å². The number of hydrogen-bond donors (Lipinski definition) is 1. The van der Waals surface area contributed by atoms with Crippen molar-refractivity contribution in [1.82, 2.24) is 4.90 Å². The van der Waals surface area contributed by atoms with E-state index in [1.807, 2.05) is 0 Å². The predicted octanol–water partition coefficient (Wildman–Crippen LogP) is 3.23. The standard InChI is InChI=1S/C12H15BrF2N2/c1-17-4-2-9(3-5-17)16-12-10(14)6-8(13)7-11(12)15/h6-7,9,16H,2-5H2,1H3. The van der Waals surface area contributed by atoms with Crippen LogP contribution in [-0.4, -0.2) is 31.1 Å². The maximum absolute atomic E-state index is 13.6. The molecular weight excluding hydrogens is 290 g/mol. The van der Waals surface area contributed by atoms with Gasteiger partial charge in [-0.2, -0.15) is 0 Å². The smallest absolute Gasteiger partial charge is 0.150 e. The summed E-state index contributed by atoms with van der Waals surface area (Å²) in [5.74, 6) is -1.09. The van der Waals surface area contributed by atoms with Crippen LogP contribution in [0.5, 0.6) is 0 Å². The van der Waals surface area contributed by atoms with E-state index in [0.717, 1.165) is 25.9 Å². The van der Waals surface area contributed by atoms with Crippen LogP contribution in [0.4, 0.5) is 14.5 Å². The van der Waals surface area contributed by atoms with Gasteiger partial charge in [-0.05, 0) is 45.1 Å². The van der Waals surface area contributed by atoms with Crippen LogP contribution >= 0.6 is 15.9 Å². The summed E-state index contributed by atoms with van der Waals surface area (Å²) in [5, 5.41) is 2.97. The average molecular weight is 305 g/mol. The monoisotopic (exact) mass is 304 g/mol. The predicted molar refractivity (Wildman–Crippen MR) is 68.2 cm³/mol. The van der Waals surface area contributed by atoms with E-state index in [-0.39, 0.29) is 11.7 Å². The van der Waals surface area contributed by atoms with Gasteiger partial charge in [-0.25, -0.2) is 8.78 Å². The molecule has 0 radical (unpaired) electrons. The second-order valence-electron chi connectivity index (χ2n) is 4.47. The number of rotatable bonds is 2. The number of nitrogens with zero attached hydrogens (tertiary/aromatic N) is 1. The van der Waals surface area contributed by atoms with Crippen molar-refractivity contribution in [2.24, 2.45) is 0 Å². The Balaban J connectivity index is 2.08. The van der Waals surface area contributed by atoms with Gasteiger partial charge >= 0.3 is 0 Å². The van der Waals surface area contributed by atoms with Crippen molar-refractivity contribution >= 4 is 21.6 Å². The molecule has 1 saturated heterocycles. The maximum atomic E-state index is 13.6. The normalized spacial score (nSPS) is 18.4. The fourth-order valence-electron chi connectivity index (χ4n) is 2.04. The lowest BCUT2D eigenvalue weighted by Crippen LogP contribution is -2.37. The first-order valence-electron chi connectivity index (χ1n) is 5.66. The molecule has 0 saturated carbocycles. The lowest BCUT2D eigenvalue weighted by atomic mass is 10.1. The third kappa shape index (κ3) is 3.16. The van der Waals surface area contributed by atoms with E-state index in [1.165, 1.54) is 12.1 Å². The van der Waals surface area contributed by atoms with Crippen molar-refractivity contribution in [3.05, 3.63) is 28.2 Å². The van der Waals surface area contributed by atoms with Gasteiger partial charge in [0.1, 0.15) is 17.3 Å². The summed E-state index contributed by atoms with van der Waals surface area (Å²) >= 11 is 3.07. The van der Waals surface area contributed by atoms with E-state index in [1.54, 1.807) is 0 Å². The van der Waals surface area contributed by atoms with Gasteiger partial charge in [0.2, 0.25) is 0 Å². The molecule has 0 unspecified atom stereocenters. The Morgan fingerprint density at radius 3 is 2.29 bits per heavy atom. The second kappa shape index (κ2) is 5.31. The lowest BCUT2D eigenvalue weighted by Gasteiger charge is -2.30. The summed E-state index contributed by atoms with van der Waals surface area (Å²) in [7, 11) is 2.05. The van der Waals surface area contributed by atoms with Crippen LogP contribution < -0.4 is 5.32 Å². The molecule has 1 fully saturated rings. The fourth-order valence-corrected chi connectivity index (χ4v) is 2.44. The minimum absolute atomic E-state index is 0.0113. The summed E-state index contributed by atoms with van der Waals surface area (Å²) < 4.78 is 27.6. The molecule has 2 rings (SSSR count).